The first-order valence-electron chi connectivity index (χ1n) is 13.1. The molecule has 2 heterocycles. The van der Waals surface area contributed by atoms with Crippen LogP contribution >= 0.6 is 11.3 Å². The first-order valence-corrected chi connectivity index (χ1v) is 14.0. The summed E-state index contributed by atoms with van der Waals surface area (Å²) in [5.74, 6) is 0.969. The highest BCUT2D eigenvalue weighted by molar-refractivity contribution is 7.07. The van der Waals surface area contributed by atoms with Gasteiger partial charge < -0.3 is 14.2 Å². The van der Waals surface area contributed by atoms with Gasteiger partial charge in [0.05, 0.1) is 35.1 Å². The van der Waals surface area contributed by atoms with Gasteiger partial charge in [0.25, 0.3) is 5.56 Å². The van der Waals surface area contributed by atoms with E-state index in [1.165, 1.54) is 11.3 Å². The molecule has 0 fully saturated rings. The van der Waals surface area contributed by atoms with Crippen molar-refractivity contribution in [3.63, 3.8) is 0 Å². The van der Waals surface area contributed by atoms with Crippen LogP contribution in [0.15, 0.2) is 94.4 Å². The summed E-state index contributed by atoms with van der Waals surface area (Å²) >= 11 is 1.30. The fraction of sp³-hybridized carbons (Fsp3) is 0.219. The van der Waals surface area contributed by atoms with Gasteiger partial charge in [0.2, 0.25) is 0 Å². The van der Waals surface area contributed by atoms with Gasteiger partial charge in [-0.25, -0.2) is 9.79 Å². The van der Waals surface area contributed by atoms with Crippen molar-refractivity contribution in [1.82, 2.24) is 4.57 Å². The smallest absolute Gasteiger partial charge is 0.338 e. The largest absolute Gasteiger partial charge is 0.493 e. The third kappa shape index (κ3) is 5.10. The molecule has 1 atom stereocenters. The van der Waals surface area contributed by atoms with E-state index in [4.69, 9.17) is 14.2 Å². The maximum Gasteiger partial charge on any atom is 0.338 e. The molecule has 0 spiro atoms. The summed E-state index contributed by atoms with van der Waals surface area (Å²) in [6.07, 6.45) is 3.55. The van der Waals surface area contributed by atoms with Crippen LogP contribution in [0, 0.1) is 0 Å². The predicted molar refractivity (Wildman–Crippen MR) is 158 cm³/mol. The van der Waals surface area contributed by atoms with Crippen molar-refractivity contribution in [2.45, 2.75) is 26.8 Å². The molecule has 0 saturated carbocycles. The number of carbonyl (C=O) groups excluding carboxylic acids is 1. The highest BCUT2D eigenvalue weighted by Crippen LogP contribution is 2.32. The van der Waals surface area contributed by atoms with Crippen molar-refractivity contribution >= 4 is 34.2 Å². The zero-order valence-electron chi connectivity index (χ0n) is 22.7. The van der Waals surface area contributed by atoms with Crippen molar-refractivity contribution in [2.75, 3.05) is 19.8 Å². The molecule has 40 heavy (non-hydrogen) atoms. The SMILES string of the molecule is C=CCOc1ccc([C@@H]2C(C(=O)OCC)=C(C)N=c3s/c(=C\c4ccc(OCC)c5ccccc45)c(=O)n32)cc1. The van der Waals surface area contributed by atoms with Crippen LogP contribution in [-0.4, -0.2) is 30.4 Å². The minimum absolute atomic E-state index is 0.214. The Morgan fingerprint density at radius 3 is 2.48 bits per heavy atom. The lowest BCUT2D eigenvalue weighted by atomic mass is 9.96. The van der Waals surface area contributed by atoms with Crippen molar-refractivity contribution in [3.8, 4) is 11.5 Å². The Morgan fingerprint density at radius 1 is 1.02 bits per heavy atom. The Balaban J connectivity index is 1.68. The minimum Gasteiger partial charge on any atom is -0.493 e. The van der Waals surface area contributed by atoms with Crippen LogP contribution in [0.2, 0.25) is 0 Å². The Bertz CT molecular complexity index is 1800. The molecule has 204 valence electrons. The van der Waals surface area contributed by atoms with Gasteiger partial charge in [-0.2, -0.15) is 0 Å². The number of aromatic nitrogens is 1. The van der Waals surface area contributed by atoms with E-state index in [9.17, 15) is 9.59 Å². The molecule has 3 aromatic carbocycles. The summed E-state index contributed by atoms with van der Waals surface area (Å²) in [5, 5.41) is 1.96. The van der Waals surface area contributed by atoms with Gasteiger partial charge in [0, 0.05) is 5.39 Å². The second kappa shape index (κ2) is 11.8. The van der Waals surface area contributed by atoms with Crippen LogP contribution in [-0.2, 0) is 9.53 Å². The number of allylic oxidation sites excluding steroid dienone is 1. The molecule has 1 aliphatic rings. The van der Waals surface area contributed by atoms with Crippen LogP contribution < -0.4 is 24.4 Å². The zero-order valence-corrected chi connectivity index (χ0v) is 23.5. The third-order valence-corrected chi connectivity index (χ3v) is 7.57. The highest BCUT2D eigenvalue weighted by atomic mass is 32.1. The minimum atomic E-state index is -0.692. The van der Waals surface area contributed by atoms with E-state index in [-0.39, 0.29) is 12.2 Å². The second-order valence-corrected chi connectivity index (χ2v) is 10.1. The monoisotopic (exact) mass is 554 g/mol. The van der Waals surface area contributed by atoms with Crippen LogP contribution in [0.1, 0.15) is 37.9 Å². The standard InChI is InChI=1S/C32H30N2O5S/c1-5-18-39-23-15-12-21(13-16-23)29-28(31(36)38-7-3)20(4)33-32-34(29)30(35)27(40-32)19-22-14-17-26(37-6-2)25-11-9-8-10-24(22)25/h5,8-17,19,29H,1,6-7,18H2,2-4H3/b27-19-/t29-/m1/s1. The molecule has 1 aliphatic heterocycles. The van der Waals surface area contributed by atoms with Crippen LogP contribution in [0.3, 0.4) is 0 Å². The first kappa shape index (κ1) is 27.1. The average molecular weight is 555 g/mol. The fourth-order valence-corrected chi connectivity index (χ4v) is 5.89. The van der Waals surface area contributed by atoms with Crippen molar-refractivity contribution in [3.05, 3.63) is 115 Å². The van der Waals surface area contributed by atoms with Gasteiger partial charge in [-0.05, 0) is 61.6 Å². The molecule has 0 amide bonds. The quantitative estimate of drug-likeness (QED) is 0.217. The Kier molecular flexibility index (Phi) is 7.98. The third-order valence-electron chi connectivity index (χ3n) is 6.58. The molecule has 0 unspecified atom stereocenters. The number of benzene rings is 3. The number of nitrogens with zero attached hydrogens (tertiary/aromatic N) is 2. The van der Waals surface area contributed by atoms with E-state index >= 15 is 0 Å². The maximum atomic E-state index is 14.0. The lowest BCUT2D eigenvalue weighted by molar-refractivity contribution is -0.139. The summed E-state index contributed by atoms with van der Waals surface area (Å²) in [6, 6.07) is 18.5. The number of hydrogen-bond acceptors (Lipinski definition) is 7. The van der Waals surface area contributed by atoms with Gasteiger partial charge in [0.15, 0.2) is 4.80 Å². The molecule has 0 saturated heterocycles. The zero-order chi connectivity index (χ0) is 28.2. The number of esters is 1. The molecule has 8 heteroatoms. The van der Waals surface area contributed by atoms with Crippen LogP contribution in [0.5, 0.6) is 11.5 Å². The van der Waals surface area contributed by atoms with E-state index in [0.29, 0.717) is 39.6 Å². The van der Waals surface area contributed by atoms with Crippen molar-refractivity contribution in [1.29, 1.82) is 0 Å². The number of carbonyl (C=O) groups is 1. The van der Waals surface area contributed by atoms with Crippen molar-refractivity contribution < 1.29 is 19.0 Å². The summed E-state index contributed by atoms with van der Waals surface area (Å²) in [7, 11) is 0. The molecule has 0 radical (unpaired) electrons. The highest BCUT2D eigenvalue weighted by Gasteiger charge is 2.33. The topological polar surface area (TPSA) is 79.1 Å². The predicted octanol–water partition coefficient (Wildman–Crippen LogP) is 4.92. The number of rotatable bonds is 9. The molecule has 0 aliphatic carbocycles. The summed E-state index contributed by atoms with van der Waals surface area (Å²) in [6.45, 7) is 10.3. The van der Waals surface area contributed by atoms with Gasteiger partial charge >= 0.3 is 5.97 Å². The lowest BCUT2D eigenvalue weighted by Crippen LogP contribution is -2.39. The van der Waals surface area contributed by atoms with E-state index < -0.39 is 12.0 Å². The lowest BCUT2D eigenvalue weighted by Gasteiger charge is -2.24. The Hall–Kier alpha value is -4.43. The van der Waals surface area contributed by atoms with Gasteiger partial charge in [-0.1, -0.05) is 66.5 Å². The number of thiazole rings is 1. The van der Waals surface area contributed by atoms with Crippen LogP contribution in [0.25, 0.3) is 16.8 Å². The van der Waals surface area contributed by atoms with Crippen molar-refractivity contribution in [2.24, 2.45) is 4.99 Å². The summed E-state index contributed by atoms with van der Waals surface area (Å²) in [4.78, 5) is 32.3. The molecule has 0 bridgehead atoms. The van der Waals surface area contributed by atoms with E-state index in [1.807, 2.05) is 73.7 Å². The number of fused-ring (bicyclic) bond motifs is 2. The average Bonchev–Trinajstić information content (AvgIpc) is 3.27. The molecule has 1 aromatic heterocycles. The van der Waals surface area contributed by atoms with Gasteiger partial charge in [-0.3, -0.25) is 9.36 Å². The second-order valence-electron chi connectivity index (χ2n) is 9.10. The Labute approximate surface area is 236 Å². The maximum absolute atomic E-state index is 14.0. The van der Waals surface area contributed by atoms with Gasteiger partial charge in [-0.15, -0.1) is 0 Å². The molecule has 0 N–H and O–H groups in total. The van der Waals surface area contributed by atoms with Crippen LogP contribution in [0.4, 0.5) is 0 Å². The normalized spacial score (nSPS) is 15.0. The van der Waals surface area contributed by atoms with E-state index in [1.54, 1.807) is 24.5 Å². The number of hydrogen-bond donors (Lipinski definition) is 0. The summed E-state index contributed by atoms with van der Waals surface area (Å²) in [5.41, 5.74) is 2.28. The van der Waals surface area contributed by atoms with E-state index in [0.717, 1.165) is 27.6 Å². The molecular formula is C32H30N2O5S. The summed E-state index contributed by atoms with van der Waals surface area (Å²) < 4.78 is 18.9. The van der Waals surface area contributed by atoms with E-state index in [2.05, 4.69) is 11.6 Å². The molecule has 4 aromatic rings. The fourth-order valence-electron chi connectivity index (χ4n) is 4.85. The Morgan fingerprint density at radius 2 is 1.77 bits per heavy atom. The number of ether oxygens (including phenoxy) is 3. The first-order chi connectivity index (χ1) is 19.5. The molecule has 7 nitrogen and oxygen atoms in total. The van der Waals surface area contributed by atoms with Gasteiger partial charge in [0.1, 0.15) is 18.1 Å². The molecule has 5 rings (SSSR count). The molecular weight excluding hydrogens is 524 g/mol.